The van der Waals surface area contributed by atoms with Crippen LogP contribution in [0.1, 0.15) is 61.8 Å². The molecule has 2 aromatic heterocycles. The summed E-state index contributed by atoms with van der Waals surface area (Å²) in [6.07, 6.45) is 1.23. The predicted molar refractivity (Wildman–Crippen MR) is 223 cm³/mol. The van der Waals surface area contributed by atoms with Crippen LogP contribution < -0.4 is 0 Å². The van der Waals surface area contributed by atoms with Crippen molar-refractivity contribution in [3.63, 3.8) is 0 Å². The molecule has 0 N–H and O–H groups in total. The van der Waals surface area contributed by atoms with Gasteiger partial charge in [-0.05, 0) is 35.4 Å². The van der Waals surface area contributed by atoms with Crippen LogP contribution in [-0.2, 0) is 11.7 Å². The number of fused-ring (bicyclic) bond motifs is 5. The zero-order valence-corrected chi connectivity index (χ0v) is 33.2. The first kappa shape index (κ1) is 33.0. The average molecular weight is 740 g/mol. The third kappa shape index (κ3) is 5.61. The fraction of sp³-hybridized carbons (Fsp3) is 0.229. The van der Waals surface area contributed by atoms with Crippen LogP contribution in [0, 0.1) is 0 Å². The van der Waals surface area contributed by atoms with Gasteiger partial charge in [-0.3, -0.25) is 0 Å². The van der Waals surface area contributed by atoms with Crippen molar-refractivity contribution in [1.82, 2.24) is 9.55 Å². The molecule has 4 heteroatoms. The van der Waals surface area contributed by atoms with Crippen molar-refractivity contribution in [3.05, 3.63) is 144 Å². The maximum absolute atomic E-state index is 6.83. The van der Waals surface area contributed by atoms with Gasteiger partial charge in [0.15, 0.2) is 0 Å². The van der Waals surface area contributed by atoms with E-state index >= 15 is 0 Å². The van der Waals surface area contributed by atoms with Gasteiger partial charge in [0.25, 0.3) is 0 Å². The first-order valence-corrected chi connectivity index (χ1v) is 26.1. The second-order valence-electron chi connectivity index (χ2n) is 16.3. The van der Waals surface area contributed by atoms with E-state index in [1.165, 1.54) is 50.4 Å². The van der Waals surface area contributed by atoms with Gasteiger partial charge in [0.2, 0.25) is 0 Å². The molecule has 3 heterocycles. The van der Waals surface area contributed by atoms with Crippen LogP contribution in [0.25, 0.3) is 72.3 Å². The zero-order valence-electron chi connectivity index (χ0n) is 31.1. The Kier molecular flexibility index (Phi) is 8.04. The van der Waals surface area contributed by atoms with Crippen LogP contribution in [-0.4, -0.2) is 22.8 Å². The summed E-state index contributed by atoms with van der Waals surface area (Å²) in [7, 11) is 0. The molecule has 0 spiro atoms. The van der Waals surface area contributed by atoms with E-state index in [-0.39, 0.29) is 0 Å². The molecule has 0 fully saturated rings. The molecule has 0 saturated heterocycles. The van der Waals surface area contributed by atoms with Gasteiger partial charge in [0.1, 0.15) is 11.2 Å². The topological polar surface area (TPSA) is 31.0 Å². The molecule has 1 aliphatic heterocycles. The first-order valence-electron chi connectivity index (χ1n) is 18.9. The number of rotatable bonds is 6. The van der Waals surface area contributed by atoms with Crippen molar-refractivity contribution >= 4 is 46.2 Å². The standard InChI is InChI=1S/C48H46GeN2O/c1-30(2)41-26-37(33-19-20-36-29-49(5,6)24-23-35(36)25-33)27-42(31(3)4)46(41)51-44-18-11-10-17-43(44)50-48(51)40-16-12-15-39-38-22-21-34(28-45(38)52-47(39)40)32-13-8-7-9-14-32/h7-22,25-28,30-31H,23-24,29H2,1-6H3. The van der Waals surface area contributed by atoms with E-state index in [0.717, 1.165) is 49.9 Å². The number of para-hydroxylation sites is 3. The number of furan rings is 1. The fourth-order valence-corrected chi connectivity index (χ4v) is 13.7. The molecular formula is C48H46GeN2O. The molecule has 52 heavy (non-hydrogen) atoms. The van der Waals surface area contributed by atoms with Crippen molar-refractivity contribution in [2.24, 2.45) is 0 Å². The van der Waals surface area contributed by atoms with Gasteiger partial charge < -0.3 is 4.42 Å². The van der Waals surface area contributed by atoms with E-state index in [4.69, 9.17) is 9.40 Å². The average Bonchev–Trinajstić information content (AvgIpc) is 3.72. The van der Waals surface area contributed by atoms with Crippen molar-refractivity contribution in [2.45, 2.75) is 68.0 Å². The Bertz CT molecular complexity index is 2610. The third-order valence-electron chi connectivity index (χ3n) is 11.3. The van der Waals surface area contributed by atoms with Crippen LogP contribution in [0.5, 0.6) is 0 Å². The number of aromatic nitrogens is 2. The molecule has 0 bridgehead atoms. The zero-order chi connectivity index (χ0) is 35.7. The van der Waals surface area contributed by atoms with E-state index in [1.54, 1.807) is 11.1 Å². The number of imidazole rings is 1. The Balaban J connectivity index is 1.26. The van der Waals surface area contributed by atoms with Crippen molar-refractivity contribution < 1.29 is 4.42 Å². The van der Waals surface area contributed by atoms with E-state index in [1.807, 2.05) is 0 Å². The van der Waals surface area contributed by atoms with Crippen molar-refractivity contribution in [2.75, 3.05) is 0 Å². The fourth-order valence-electron chi connectivity index (χ4n) is 8.49. The molecule has 8 aromatic rings. The normalized spacial score (nSPS) is 14.2. The third-order valence-corrected chi connectivity index (χ3v) is 17.5. The summed E-state index contributed by atoms with van der Waals surface area (Å²) in [6, 6.07) is 44.4. The van der Waals surface area contributed by atoms with Gasteiger partial charge in [-0.2, -0.15) is 0 Å². The van der Waals surface area contributed by atoms with Gasteiger partial charge in [-0.15, -0.1) is 0 Å². The van der Waals surface area contributed by atoms with E-state index in [0.29, 0.717) is 11.8 Å². The molecule has 258 valence electrons. The minimum absolute atomic E-state index is 0.298. The van der Waals surface area contributed by atoms with Gasteiger partial charge >= 0.3 is 189 Å². The van der Waals surface area contributed by atoms with Crippen LogP contribution in [0.2, 0.25) is 16.8 Å². The summed E-state index contributed by atoms with van der Waals surface area (Å²) in [4.78, 5) is 5.39. The number of aryl methyl sites for hydroxylation is 1. The molecule has 0 atom stereocenters. The summed E-state index contributed by atoms with van der Waals surface area (Å²) in [5.41, 5.74) is 16.9. The molecule has 3 nitrogen and oxygen atoms in total. The molecule has 0 saturated carbocycles. The number of nitrogens with zero attached hydrogens (tertiary/aromatic N) is 2. The molecule has 0 radical (unpaired) electrons. The van der Waals surface area contributed by atoms with Gasteiger partial charge in [-0.25, -0.2) is 0 Å². The van der Waals surface area contributed by atoms with Gasteiger partial charge in [-0.1, -0.05) is 60.7 Å². The Morgan fingerprint density at radius 2 is 1.35 bits per heavy atom. The van der Waals surface area contributed by atoms with Crippen LogP contribution in [0.4, 0.5) is 0 Å². The van der Waals surface area contributed by atoms with Crippen molar-refractivity contribution in [1.29, 1.82) is 0 Å². The van der Waals surface area contributed by atoms with E-state index in [9.17, 15) is 0 Å². The second kappa shape index (κ2) is 12.7. The Morgan fingerprint density at radius 1 is 0.635 bits per heavy atom. The summed E-state index contributed by atoms with van der Waals surface area (Å²) >= 11 is -1.67. The van der Waals surface area contributed by atoms with Crippen LogP contribution in [0.3, 0.4) is 0 Å². The summed E-state index contributed by atoms with van der Waals surface area (Å²) < 4.78 is 9.26. The van der Waals surface area contributed by atoms with Crippen molar-refractivity contribution in [3.8, 4) is 39.3 Å². The van der Waals surface area contributed by atoms with Crippen LogP contribution in [0.15, 0.2) is 126 Å². The van der Waals surface area contributed by atoms with E-state index in [2.05, 4.69) is 165 Å². The quantitative estimate of drug-likeness (QED) is 0.159. The molecular weight excluding hydrogens is 693 g/mol. The number of hydrogen-bond donors (Lipinski definition) is 0. The Hall–Kier alpha value is -4.87. The molecule has 1 aliphatic rings. The predicted octanol–water partition coefficient (Wildman–Crippen LogP) is 13.5. The summed E-state index contributed by atoms with van der Waals surface area (Å²) in [5.74, 6) is 6.68. The molecule has 0 aliphatic carbocycles. The first-order chi connectivity index (χ1) is 25.1. The second-order valence-corrected chi connectivity index (χ2v) is 27.1. The Morgan fingerprint density at radius 3 is 2.12 bits per heavy atom. The summed E-state index contributed by atoms with van der Waals surface area (Å²) in [6.45, 7) is 9.32. The minimum atomic E-state index is -1.67. The molecule has 9 rings (SSSR count). The van der Waals surface area contributed by atoms with Gasteiger partial charge in [0.05, 0.1) is 0 Å². The van der Waals surface area contributed by atoms with Gasteiger partial charge in [0, 0.05) is 10.8 Å². The summed E-state index contributed by atoms with van der Waals surface area (Å²) in [5, 5.41) is 4.98. The molecule has 6 aromatic carbocycles. The molecule has 0 amide bonds. The number of benzene rings is 6. The maximum atomic E-state index is 6.83. The van der Waals surface area contributed by atoms with Crippen LogP contribution >= 0.6 is 0 Å². The Labute approximate surface area is 309 Å². The number of hydrogen-bond acceptors (Lipinski definition) is 2. The van der Waals surface area contributed by atoms with E-state index < -0.39 is 13.3 Å². The molecule has 0 unspecified atom stereocenters. The monoisotopic (exact) mass is 740 g/mol. The SMILES string of the molecule is CC(C)c1cc(-c2ccc3c(c2)C[CH2][Ge]([CH3])([CH3])[CH2]3)cc(C(C)C)c1-n1c(-c2cccc3c2oc2cc(-c4ccccc4)ccc23)nc2ccccc21.